The minimum atomic E-state index is -1.30. The second-order valence-corrected chi connectivity index (χ2v) is 4.48. The van der Waals surface area contributed by atoms with Crippen molar-refractivity contribution < 1.29 is 19.1 Å². The second-order valence-electron chi connectivity index (χ2n) is 4.48. The van der Waals surface area contributed by atoms with Gasteiger partial charge in [-0.3, -0.25) is 9.59 Å². The van der Waals surface area contributed by atoms with E-state index in [0.29, 0.717) is 6.42 Å². The molecule has 0 heterocycles. The Labute approximate surface area is 101 Å². The van der Waals surface area contributed by atoms with E-state index in [9.17, 15) is 9.59 Å². The van der Waals surface area contributed by atoms with Crippen molar-refractivity contribution in [1.82, 2.24) is 0 Å². The summed E-state index contributed by atoms with van der Waals surface area (Å²) in [5.74, 6) is -1.44. The van der Waals surface area contributed by atoms with Crippen molar-refractivity contribution in [3.8, 4) is 0 Å². The van der Waals surface area contributed by atoms with Crippen LogP contribution in [0.2, 0.25) is 0 Å². The summed E-state index contributed by atoms with van der Waals surface area (Å²) in [4.78, 5) is 24.0. The predicted octanol–water partition coefficient (Wildman–Crippen LogP) is 1.86. The van der Waals surface area contributed by atoms with Crippen molar-refractivity contribution in [2.45, 2.75) is 19.8 Å². The molecular weight excluding hydrogens is 220 g/mol. The van der Waals surface area contributed by atoms with Gasteiger partial charge < -0.3 is 9.47 Å². The molecular formula is C13H18O4. The molecule has 0 radical (unpaired) electrons. The normalized spacial score (nSPS) is 22.1. The Balaban J connectivity index is 3.30. The summed E-state index contributed by atoms with van der Waals surface area (Å²) >= 11 is 0. The third-order valence-corrected chi connectivity index (χ3v) is 3.31. The predicted molar refractivity (Wildman–Crippen MR) is 63.1 cm³/mol. The van der Waals surface area contributed by atoms with Crippen molar-refractivity contribution in [1.29, 1.82) is 0 Å². The highest BCUT2D eigenvalue weighted by atomic mass is 16.5. The molecule has 0 amide bonds. The fourth-order valence-corrected chi connectivity index (χ4v) is 2.52. The maximum Gasteiger partial charge on any atom is 0.324 e. The van der Waals surface area contributed by atoms with Crippen LogP contribution in [-0.2, 0) is 19.1 Å². The summed E-state index contributed by atoms with van der Waals surface area (Å²) in [5.41, 5.74) is 0.306. The van der Waals surface area contributed by atoms with E-state index >= 15 is 0 Å². The maximum atomic E-state index is 12.0. The highest BCUT2D eigenvalue weighted by Crippen LogP contribution is 2.50. The Morgan fingerprint density at radius 1 is 1.29 bits per heavy atom. The zero-order chi connectivity index (χ0) is 13.2. The van der Waals surface area contributed by atoms with Crippen LogP contribution in [0.5, 0.6) is 0 Å². The van der Waals surface area contributed by atoms with Crippen molar-refractivity contribution >= 4 is 11.9 Å². The van der Waals surface area contributed by atoms with Gasteiger partial charge in [0.2, 0.25) is 0 Å². The monoisotopic (exact) mass is 238 g/mol. The Morgan fingerprint density at radius 2 is 1.76 bits per heavy atom. The zero-order valence-electron chi connectivity index (χ0n) is 10.5. The lowest BCUT2D eigenvalue weighted by molar-refractivity contribution is -0.171. The van der Waals surface area contributed by atoms with E-state index in [1.54, 1.807) is 6.92 Å². The standard InChI is InChI=1S/C13H18O4/c1-8(2)10-6-9(3)7-13(10,11(14)16-4)12(15)17-5/h10H,1,3,6-7H2,2,4-5H3. The van der Waals surface area contributed by atoms with Crippen LogP contribution in [0.1, 0.15) is 19.8 Å². The summed E-state index contributed by atoms with van der Waals surface area (Å²) in [6.07, 6.45) is 0.837. The molecule has 0 aromatic carbocycles. The third kappa shape index (κ3) is 1.99. The van der Waals surface area contributed by atoms with Crippen LogP contribution in [0.15, 0.2) is 24.3 Å². The molecule has 1 aliphatic rings. The summed E-state index contributed by atoms with van der Waals surface area (Å²) in [7, 11) is 2.53. The van der Waals surface area contributed by atoms with E-state index in [1.165, 1.54) is 14.2 Å². The van der Waals surface area contributed by atoms with E-state index in [0.717, 1.165) is 11.1 Å². The molecule has 1 aliphatic carbocycles. The number of allylic oxidation sites excluding steroid dienone is 2. The number of hydrogen-bond acceptors (Lipinski definition) is 4. The lowest BCUT2D eigenvalue weighted by atomic mass is 9.74. The molecule has 0 aromatic rings. The minimum absolute atomic E-state index is 0.268. The van der Waals surface area contributed by atoms with Gasteiger partial charge in [0.05, 0.1) is 14.2 Å². The Bertz CT molecular complexity index is 365. The van der Waals surface area contributed by atoms with Crippen molar-refractivity contribution in [3.05, 3.63) is 24.3 Å². The summed E-state index contributed by atoms with van der Waals surface area (Å²) < 4.78 is 9.53. The maximum absolute atomic E-state index is 12.0. The molecule has 1 saturated carbocycles. The molecule has 0 aliphatic heterocycles. The second kappa shape index (κ2) is 4.73. The molecule has 0 N–H and O–H groups in total. The van der Waals surface area contributed by atoms with Crippen LogP contribution in [0, 0.1) is 11.3 Å². The van der Waals surface area contributed by atoms with Gasteiger partial charge in [0.1, 0.15) is 0 Å². The van der Waals surface area contributed by atoms with Crippen molar-refractivity contribution in [2.24, 2.45) is 11.3 Å². The van der Waals surface area contributed by atoms with Gasteiger partial charge in [0.15, 0.2) is 5.41 Å². The molecule has 4 nitrogen and oxygen atoms in total. The first kappa shape index (κ1) is 13.5. The number of hydrogen-bond donors (Lipinski definition) is 0. The van der Waals surface area contributed by atoms with E-state index in [4.69, 9.17) is 9.47 Å². The molecule has 0 spiro atoms. The lowest BCUT2D eigenvalue weighted by Gasteiger charge is -2.29. The van der Waals surface area contributed by atoms with Gasteiger partial charge in [-0.2, -0.15) is 0 Å². The third-order valence-electron chi connectivity index (χ3n) is 3.31. The molecule has 1 atom stereocenters. The topological polar surface area (TPSA) is 52.6 Å². The van der Waals surface area contributed by atoms with Gasteiger partial charge in [-0.25, -0.2) is 0 Å². The number of esters is 2. The molecule has 17 heavy (non-hydrogen) atoms. The van der Waals surface area contributed by atoms with Crippen LogP contribution in [0.25, 0.3) is 0 Å². The zero-order valence-corrected chi connectivity index (χ0v) is 10.5. The van der Waals surface area contributed by atoms with Gasteiger partial charge in [0, 0.05) is 5.92 Å². The van der Waals surface area contributed by atoms with Crippen LogP contribution in [-0.4, -0.2) is 26.2 Å². The molecule has 1 fully saturated rings. The molecule has 0 saturated heterocycles. The number of ether oxygens (including phenoxy) is 2. The lowest BCUT2D eigenvalue weighted by Crippen LogP contribution is -2.44. The highest BCUT2D eigenvalue weighted by Gasteiger charge is 2.58. The van der Waals surface area contributed by atoms with Crippen LogP contribution in [0.3, 0.4) is 0 Å². The first-order chi connectivity index (χ1) is 7.90. The molecule has 1 rings (SSSR count). The molecule has 0 bridgehead atoms. The van der Waals surface area contributed by atoms with Gasteiger partial charge in [-0.1, -0.05) is 24.3 Å². The van der Waals surface area contributed by atoms with Crippen LogP contribution < -0.4 is 0 Å². The summed E-state index contributed by atoms with van der Waals surface area (Å²) in [6, 6.07) is 0. The van der Waals surface area contributed by atoms with E-state index < -0.39 is 17.4 Å². The van der Waals surface area contributed by atoms with Gasteiger partial charge in [-0.15, -0.1) is 0 Å². The van der Waals surface area contributed by atoms with E-state index in [-0.39, 0.29) is 12.3 Å². The SMILES string of the molecule is C=C1CC(C(=C)C)C(C(=O)OC)(C(=O)OC)C1. The van der Waals surface area contributed by atoms with E-state index in [2.05, 4.69) is 13.2 Å². The van der Waals surface area contributed by atoms with Crippen molar-refractivity contribution in [2.75, 3.05) is 14.2 Å². The Kier molecular flexibility index (Phi) is 3.76. The smallest absolute Gasteiger partial charge is 0.324 e. The quantitative estimate of drug-likeness (QED) is 0.428. The molecule has 94 valence electrons. The van der Waals surface area contributed by atoms with Gasteiger partial charge in [-0.05, 0) is 19.8 Å². The first-order valence-electron chi connectivity index (χ1n) is 5.39. The summed E-state index contributed by atoms with van der Waals surface area (Å²) in [5, 5.41) is 0. The number of rotatable bonds is 3. The summed E-state index contributed by atoms with van der Waals surface area (Å²) in [6.45, 7) is 9.50. The van der Waals surface area contributed by atoms with Gasteiger partial charge >= 0.3 is 11.9 Å². The van der Waals surface area contributed by atoms with Crippen LogP contribution >= 0.6 is 0 Å². The first-order valence-corrected chi connectivity index (χ1v) is 5.39. The minimum Gasteiger partial charge on any atom is -0.468 e. The Morgan fingerprint density at radius 3 is 2.12 bits per heavy atom. The largest absolute Gasteiger partial charge is 0.468 e. The van der Waals surface area contributed by atoms with Gasteiger partial charge in [0.25, 0.3) is 0 Å². The molecule has 1 unspecified atom stereocenters. The average Bonchev–Trinajstić information content (AvgIpc) is 2.66. The van der Waals surface area contributed by atoms with Crippen LogP contribution in [0.4, 0.5) is 0 Å². The molecule has 4 heteroatoms. The number of carbonyl (C=O) groups excluding carboxylic acids is 2. The number of methoxy groups -OCH3 is 2. The molecule has 0 aromatic heterocycles. The fourth-order valence-electron chi connectivity index (χ4n) is 2.52. The fraction of sp³-hybridized carbons (Fsp3) is 0.538. The van der Waals surface area contributed by atoms with E-state index in [1.807, 2.05) is 0 Å². The van der Waals surface area contributed by atoms with Crippen molar-refractivity contribution in [3.63, 3.8) is 0 Å². The highest BCUT2D eigenvalue weighted by molar-refractivity contribution is 6.01. The average molecular weight is 238 g/mol. The number of carbonyl (C=O) groups is 2. The Hall–Kier alpha value is -1.58.